The van der Waals surface area contributed by atoms with Gasteiger partial charge in [0.1, 0.15) is 5.60 Å². The lowest BCUT2D eigenvalue weighted by atomic mass is 10.2. The van der Waals surface area contributed by atoms with Gasteiger partial charge in [0.2, 0.25) is 0 Å². The molecule has 0 radical (unpaired) electrons. The number of fused-ring (bicyclic) bond motifs is 3. The van der Waals surface area contributed by atoms with Crippen molar-refractivity contribution in [2.24, 2.45) is 0 Å². The summed E-state index contributed by atoms with van der Waals surface area (Å²) in [6.45, 7) is 12.7. The van der Waals surface area contributed by atoms with Crippen molar-refractivity contribution in [2.45, 2.75) is 26.4 Å². The van der Waals surface area contributed by atoms with Crippen LogP contribution in [0.4, 0.5) is 4.79 Å². The van der Waals surface area contributed by atoms with E-state index in [9.17, 15) is 13.2 Å². The summed E-state index contributed by atoms with van der Waals surface area (Å²) >= 11 is 0. The highest BCUT2D eigenvalue weighted by molar-refractivity contribution is 8.12. The van der Waals surface area contributed by atoms with Crippen molar-refractivity contribution in [3.05, 3.63) is 0 Å². The molecule has 2 bridgehead atoms. The Kier molecular flexibility index (Phi) is 6.06. The minimum atomic E-state index is -4.05. The molecular formula is C11H22ClN3O4S. The summed E-state index contributed by atoms with van der Waals surface area (Å²) in [6, 6.07) is 0. The van der Waals surface area contributed by atoms with Gasteiger partial charge in [-0.2, -0.15) is 8.42 Å². The first-order valence-electron chi connectivity index (χ1n) is 6.45. The Morgan fingerprint density at radius 3 is 1.60 bits per heavy atom. The summed E-state index contributed by atoms with van der Waals surface area (Å²) in [7, 11) is 0.669. The van der Waals surface area contributed by atoms with Crippen LogP contribution >= 0.6 is 10.7 Å². The molecule has 0 saturated carbocycles. The number of rotatable bonds is 1. The van der Waals surface area contributed by atoms with E-state index in [1.54, 1.807) is 20.8 Å². The van der Waals surface area contributed by atoms with Crippen molar-refractivity contribution >= 4 is 26.0 Å². The zero-order valence-electron chi connectivity index (χ0n) is 12.1. The van der Waals surface area contributed by atoms with E-state index < -0.39 is 20.9 Å². The summed E-state index contributed by atoms with van der Waals surface area (Å²) in [5.41, 5.74) is -0.744. The molecule has 9 heteroatoms. The summed E-state index contributed by atoms with van der Waals surface area (Å²) in [5, 5.41) is 0. The topological polar surface area (TPSA) is 79.0 Å². The number of hydrogen-bond donors (Lipinski definition) is 1. The Morgan fingerprint density at radius 1 is 1.05 bits per heavy atom. The van der Waals surface area contributed by atoms with Crippen LogP contribution in [0, 0.1) is 0 Å². The fraction of sp³-hybridized carbons (Fsp3) is 0.909. The molecule has 0 spiro atoms. The van der Waals surface area contributed by atoms with E-state index in [0.29, 0.717) is 0 Å². The molecular weight excluding hydrogens is 306 g/mol. The van der Waals surface area contributed by atoms with Gasteiger partial charge in [0.25, 0.3) is 0 Å². The number of amides is 1. The van der Waals surface area contributed by atoms with E-state index in [1.165, 1.54) is 44.0 Å². The van der Waals surface area contributed by atoms with Gasteiger partial charge in [0, 0.05) is 50.0 Å². The van der Waals surface area contributed by atoms with E-state index in [-0.39, 0.29) is 0 Å². The predicted molar refractivity (Wildman–Crippen MR) is 77.0 cm³/mol. The second-order valence-electron chi connectivity index (χ2n) is 5.73. The van der Waals surface area contributed by atoms with Gasteiger partial charge in [-0.3, -0.25) is 9.80 Å². The van der Waals surface area contributed by atoms with Gasteiger partial charge in [-0.25, -0.2) is 9.52 Å². The summed E-state index contributed by atoms with van der Waals surface area (Å²) in [4.78, 5) is 15.8. The highest BCUT2D eigenvalue weighted by Gasteiger charge is 2.22. The van der Waals surface area contributed by atoms with Crippen LogP contribution in [0.3, 0.4) is 0 Å². The van der Waals surface area contributed by atoms with Gasteiger partial charge >= 0.3 is 15.3 Å². The number of piperazine rings is 3. The van der Waals surface area contributed by atoms with Gasteiger partial charge in [0.15, 0.2) is 0 Å². The molecule has 0 aromatic rings. The molecule has 118 valence electrons. The first-order valence-corrected chi connectivity index (χ1v) is 8.76. The predicted octanol–water partition coefficient (Wildman–Crippen LogP) is 0.612. The molecule has 7 nitrogen and oxygen atoms in total. The maximum Gasteiger partial charge on any atom is 0.422 e. The largest absolute Gasteiger partial charge is 0.443 e. The molecule has 0 aromatic carbocycles. The van der Waals surface area contributed by atoms with Crippen molar-refractivity contribution in [1.29, 1.82) is 0 Å². The van der Waals surface area contributed by atoms with Crippen molar-refractivity contribution in [1.82, 2.24) is 14.5 Å². The van der Waals surface area contributed by atoms with Gasteiger partial charge in [-0.1, -0.05) is 0 Å². The Morgan fingerprint density at radius 2 is 1.40 bits per heavy atom. The number of ether oxygens (including phenoxy) is 1. The Balaban J connectivity index is 0.000000212. The molecule has 0 aromatic heterocycles. The Hall–Kier alpha value is -0.570. The van der Waals surface area contributed by atoms with E-state index >= 15 is 0 Å². The number of carbonyl (C=O) groups is 1. The summed E-state index contributed by atoms with van der Waals surface area (Å²) in [5.74, 6) is 0. The number of nitrogens with one attached hydrogen (secondary N) is 1. The van der Waals surface area contributed by atoms with Gasteiger partial charge in [0.05, 0.1) is 0 Å². The van der Waals surface area contributed by atoms with Crippen LogP contribution < -0.4 is 4.72 Å². The zero-order valence-corrected chi connectivity index (χ0v) is 13.6. The van der Waals surface area contributed by atoms with E-state index in [1.807, 2.05) is 0 Å². The number of hydrogen-bond acceptors (Lipinski definition) is 6. The maximum absolute atomic E-state index is 10.7. The molecule has 3 aliphatic rings. The van der Waals surface area contributed by atoms with Crippen LogP contribution in [0.1, 0.15) is 20.8 Å². The van der Waals surface area contributed by atoms with E-state index in [4.69, 9.17) is 10.7 Å². The standard InChI is InChI=1S/C6H12N2.C5H10ClNO4S/c1-2-8-5-3-7(1)4-6-8;1-5(2,3)11-4(8)7-12(6,9)10/h1-6H2;1-3H3,(H,7,8). The summed E-state index contributed by atoms with van der Waals surface area (Å²) < 4.78 is 26.6. The molecule has 0 aliphatic carbocycles. The van der Waals surface area contributed by atoms with Crippen LogP contribution in [-0.4, -0.2) is 69.2 Å². The van der Waals surface area contributed by atoms with Gasteiger partial charge in [-0.05, 0) is 20.8 Å². The average Bonchev–Trinajstić information content (AvgIpc) is 2.27. The molecule has 3 fully saturated rings. The zero-order chi connectivity index (χ0) is 15.4. The maximum atomic E-state index is 10.7. The molecule has 20 heavy (non-hydrogen) atoms. The SMILES string of the molecule is C1CN2CCN1CC2.CC(C)(C)OC(=O)NS(=O)(=O)Cl. The normalized spacial score (nSPS) is 25.4. The number of carbonyl (C=O) groups excluding carboxylic acids is 1. The lowest BCUT2D eigenvalue weighted by Crippen LogP contribution is -2.55. The van der Waals surface area contributed by atoms with Crippen LogP contribution in [-0.2, 0) is 14.0 Å². The fourth-order valence-electron chi connectivity index (χ4n) is 1.92. The first-order chi connectivity index (χ1) is 9.05. The Bertz CT molecular complexity index is 404. The van der Waals surface area contributed by atoms with Crippen molar-refractivity contribution in [3.63, 3.8) is 0 Å². The third kappa shape index (κ3) is 7.88. The second kappa shape index (κ2) is 6.93. The number of halogens is 1. The van der Waals surface area contributed by atoms with Crippen molar-refractivity contribution in [3.8, 4) is 0 Å². The van der Waals surface area contributed by atoms with Crippen LogP contribution in [0.15, 0.2) is 0 Å². The smallest absolute Gasteiger partial charge is 0.422 e. The van der Waals surface area contributed by atoms with E-state index in [2.05, 4.69) is 14.5 Å². The molecule has 0 atom stereocenters. The monoisotopic (exact) mass is 327 g/mol. The molecule has 0 unspecified atom stereocenters. The Labute approximate surface area is 124 Å². The quantitative estimate of drug-likeness (QED) is 0.711. The van der Waals surface area contributed by atoms with Crippen molar-refractivity contribution in [2.75, 3.05) is 39.3 Å². The molecule has 1 amide bonds. The highest BCUT2D eigenvalue weighted by Crippen LogP contribution is 2.07. The molecule has 3 heterocycles. The fourth-order valence-corrected chi connectivity index (χ4v) is 2.35. The third-order valence-corrected chi connectivity index (χ3v) is 3.44. The lowest BCUT2D eigenvalue weighted by Gasteiger charge is -2.41. The highest BCUT2D eigenvalue weighted by atomic mass is 35.7. The minimum Gasteiger partial charge on any atom is -0.443 e. The average molecular weight is 328 g/mol. The van der Waals surface area contributed by atoms with Crippen LogP contribution in [0.2, 0.25) is 0 Å². The van der Waals surface area contributed by atoms with Crippen LogP contribution in [0.25, 0.3) is 0 Å². The first kappa shape index (κ1) is 17.5. The van der Waals surface area contributed by atoms with E-state index in [0.717, 1.165) is 0 Å². The molecule has 3 saturated heterocycles. The van der Waals surface area contributed by atoms with Gasteiger partial charge in [-0.15, -0.1) is 0 Å². The molecule has 3 rings (SSSR count). The second-order valence-corrected chi connectivity index (χ2v) is 8.02. The molecule has 1 N–H and O–H groups in total. The lowest BCUT2D eigenvalue weighted by molar-refractivity contribution is 0.0571. The minimum absolute atomic E-state index is 0.744. The molecule has 3 aliphatic heterocycles. The van der Waals surface area contributed by atoms with Crippen molar-refractivity contribution < 1.29 is 17.9 Å². The summed E-state index contributed by atoms with van der Waals surface area (Å²) in [6.07, 6.45) is -1.09. The number of nitrogens with zero attached hydrogens (tertiary/aromatic N) is 2. The van der Waals surface area contributed by atoms with Gasteiger partial charge < -0.3 is 4.74 Å². The third-order valence-electron chi connectivity index (χ3n) is 2.80. The van der Waals surface area contributed by atoms with Crippen LogP contribution in [0.5, 0.6) is 0 Å².